The predicted octanol–water partition coefficient (Wildman–Crippen LogP) is 2.69. The number of pyridine rings is 1. The fourth-order valence-electron chi connectivity index (χ4n) is 6.69. The van der Waals surface area contributed by atoms with Crippen molar-refractivity contribution < 1.29 is 9.59 Å². The number of carbonyl (C=O) groups excluding carboxylic acids is 2. The molecule has 0 spiro atoms. The van der Waals surface area contributed by atoms with Gasteiger partial charge in [0.1, 0.15) is 0 Å². The molecule has 2 aromatic heterocycles. The molecule has 6 rings (SSSR count). The summed E-state index contributed by atoms with van der Waals surface area (Å²) in [6.07, 6.45) is 7.54. The second-order valence-electron chi connectivity index (χ2n) is 9.46. The highest BCUT2D eigenvalue weighted by atomic mass is 16.2. The number of anilines is 1. The molecule has 0 radical (unpaired) electrons. The van der Waals surface area contributed by atoms with Crippen molar-refractivity contribution in [1.82, 2.24) is 20.1 Å². The van der Waals surface area contributed by atoms with E-state index in [9.17, 15) is 9.59 Å². The Balaban J connectivity index is 1.43. The molecule has 0 aromatic carbocycles. The van der Waals surface area contributed by atoms with Crippen LogP contribution in [0.15, 0.2) is 12.3 Å². The van der Waals surface area contributed by atoms with Gasteiger partial charge in [-0.15, -0.1) is 0 Å². The molecule has 28 heavy (non-hydrogen) atoms. The summed E-state index contributed by atoms with van der Waals surface area (Å²) in [5.74, 6) is 1.15. The molecule has 2 N–H and O–H groups in total. The SMILES string of the molecule is CC(=O)NC12C[C@H]3C[C@@H](C1)CC(C(=O)Nc1cnc4c(c1)c(C)nn4C)(C3)C2. The highest BCUT2D eigenvalue weighted by Crippen LogP contribution is 2.61. The molecule has 2 heterocycles. The van der Waals surface area contributed by atoms with Crippen molar-refractivity contribution >= 4 is 28.5 Å². The third kappa shape index (κ3) is 2.63. The molecule has 2 aromatic rings. The second kappa shape index (κ2) is 5.78. The maximum absolute atomic E-state index is 13.4. The van der Waals surface area contributed by atoms with Crippen LogP contribution in [0.3, 0.4) is 0 Å². The summed E-state index contributed by atoms with van der Waals surface area (Å²) in [6, 6.07) is 1.96. The summed E-state index contributed by atoms with van der Waals surface area (Å²) in [6.45, 7) is 3.54. The highest BCUT2D eigenvalue weighted by molar-refractivity contribution is 5.97. The lowest BCUT2D eigenvalue weighted by molar-refractivity contribution is -0.148. The number of hydrogen-bond donors (Lipinski definition) is 2. The summed E-state index contributed by atoms with van der Waals surface area (Å²) >= 11 is 0. The first-order chi connectivity index (χ1) is 13.3. The van der Waals surface area contributed by atoms with Crippen molar-refractivity contribution in [1.29, 1.82) is 0 Å². The summed E-state index contributed by atoms with van der Waals surface area (Å²) in [5, 5.41) is 11.7. The number of fused-ring (bicyclic) bond motifs is 1. The van der Waals surface area contributed by atoms with Gasteiger partial charge in [-0.3, -0.25) is 14.3 Å². The van der Waals surface area contributed by atoms with E-state index in [2.05, 4.69) is 20.7 Å². The van der Waals surface area contributed by atoms with E-state index in [0.717, 1.165) is 54.5 Å². The molecule has 4 aliphatic rings. The molecule has 2 amide bonds. The van der Waals surface area contributed by atoms with Gasteiger partial charge in [-0.05, 0) is 63.4 Å². The van der Waals surface area contributed by atoms with E-state index in [1.54, 1.807) is 17.8 Å². The Hall–Kier alpha value is -2.44. The van der Waals surface area contributed by atoms with Crippen molar-refractivity contribution in [3.05, 3.63) is 18.0 Å². The minimum atomic E-state index is -0.383. The zero-order valence-corrected chi connectivity index (χ0v) is 16.7. The van der Waals surface area contributed by atoms with Gasteiger partial charge in [-0.2, -0.15) is 5.10 Å². The minimum Gasteiger partial charge on any atom is -0.351 e. The van der Waals surface area contributed by atoms with Gasteiger partial charge in [0.05, 0.1) is 23.0 Å². The summed E-state index contributed by atoms with van der Waals surface area (Å²) in [7, 11) is 1.87. The molecule has 4 fully saturated rings. The monoisotopic (exact) mass is 381 g/mol. The molecule has 148 valence electrons. The van der Waals surface area contributed by atoms with Crippen molar-refractivity contribution in [3.8, 4) is 0 Å². The van der Waals surface area contributed by atoms with Crippen LogP contribution in [0.1, 0.15) is 51.1 Å². The fraction of sp³-hybridized carbons (Fsp3) is 0.619. The molecule has 7 nitrogen and oxygen atoms in total. The standard InChI is InChI=1S/C21H27N5O2/c1-12-17-5-16(10-22-18(17)26(3)25-12)23-19(28)20-6-14-4-15(7-20)9-21(8-14,11-20)24-13(2)27/h5,10,14-15H,4,6-9,11H2,1-3H3,(H,23,28)(H,24,27)/t14-,15+,20?,21?. The maximum Gasteiger partial charge on any atom is 0.230 e. The van der Waals surface area contributed by atoms with Crippen LogP contribution in [-0.4, -0.2) is 32.1 Å². The number of rotatable bonds is 3. The summed E-state index contributed by atoms with van der Waals surface area (Å²) in [5.41, 5.74) is 1.86. The molecule has 7 heteroatoms. The lowest BCUT2D eigenvalue weighted by Gasteiger charge is -2.61. The fourth-order valence-corrected chi connectivity index (χ4v) is 6.69. The molecular formula is C21H27N5O2. The Bertz CT molecular complexity index is 980. The number of carbonyl (C=O) groups is 2. The number of nitrogens with one attached hydrogen (secondary N) is 2. The lowest BCUT2D eigenvalue weighted by Crippen LogP contribution is -2.65. The molecular weight excluding hydrogens is 354 g/mol. The van der Waals surface area contributed by atoms with E-state index in [0.29, 0.717) is 11.8 Å². The summed E-state index contributed by atoms with van der Waals surface area (Å²) < 4.78 is 1.76. The van der Waals surface area contributed by atoms with Crippen LogP contribution in [-0.2, 0) is 16.6 Å². The van der Waals surface area contributed by atoms with E-state index >= 15 is 0 Å². The maximum atomic E-state index is 13.4. The number of nitrogens with zero attached hydrogens (tertiary/aromatic N) is 3. The van der Waals surface area contributed by atoms with Gasteiger partial charge in [0.2, 0.25) is 11.8 Å². The van der Waals surface area contributed by atoms with Gasteiger partial charge < -0.3 is 10.6 Å². The smallest absolute Gasteiger partial charge is 0.230 e. The Morgan fingerprint density at radius 3 is 2.61 bits per heavy atom. The van der Waals surface area contributed by atoms with E-state index in [-0.39, 0.29) is 22.8 Å². The molecule has 0 saturated heterocycles. The first kappa shape index (κ1) is 17.6. The molecule has 2 unspecified atom stereocenters. The van der Waals surface area contributed by atoms with Crippen molar-refractivity contribution in [2.24, 2.45) is 24.3 Å². The third-order valence-corrected chi connectivity index (χ3v) is 7.10. The second-order valence-corrected chi connectivity index (χ2v) is 9.46. The average Bonchev–Trinajstić information content (AvgIpc) is 2.86. The van der Waals surface area contributed by atoms with Crippen LogP contribution < -0.4 is 10.6 Å². The van der Waals surface area contributed by atoms with Gasteiger partial charge in [-0.1, -0.05) is 0 Å². The molecule has 4 aliphatic carbocycles. The third-order valence-electron chi connectivity index (χ3n) is 7.10. The topological polar surface area (TPSA) is 88.9 Å². The number of amides is 2. The largest absolute Gasteiger partial charge is 0.351 e. The van der Waals surface area contributed by atoms with Crippen LogP contribution in [0, 0.1) is 24.2 Å². The van der Waals surface area contributed by atoms with Crippen molar-refractivity contribution in [2.75, 3.05) is 5.32 Å². The van der Waals surface area contributed by atoms with Gasteiger partial charge in [0.25, 0.3) is 0 Å². The van der Waals surface area contributed by atoms with Gasteiger partial charge in [0, 0.05) is 24.9 Å². The van der Waals surface area contributed by atoms with Gasteiger partial charge >= 0.3 is 0 Å². The molecule has 4 atom stereocenters. The lowest BCUT2D eigenvalue weighted by atomic mass is 9.46. The Morgan fingerprint density at radius 1 is 1.21 bits per heavy atom. The molecule has 4 saturated carbocycles. The van der Waals surface area contributed by atoms with Gasteiger partial charge in [-0.25, -0.2) is 4.98 Å². The number of hydrogen-bond acceptors (Lipinski definition) is 4. The Morgan fingerprint density at radius 2 is 1.93 bits per heavy atom. The van der Waals surface area contributed by atoms with Crippen LogP contribution in [0.2, 0.25) is 0 Å². The van der Waals surface area contributed by atoms with Crippen LogP contribution in [0.4, 0.5) is 5.69 Å². The van der Waals surface area contributed by atoms with Crippen molar-refractivity contribution in [2.45, 2.75) is 57.9 Å². The average molecular weight is 381 g/mol. The molecule has 4 bridgehead atoms. The predicted molar refractivity (Wildman–Crippen MR) is 106 cm³/mol. The molecule has 0 aliphatic heterocycles. The zero-order valence-electron chi connectivity index (χ0n) is 16.7. The quantitative estimate of drug-likeness (QED) is 0.855. The number of aryl methyl sites for hydroxylation is 2. The van der Waals surface area contributed by atoms with E-state index in [4.69, 9.17) is 0 Å². The minimum absolute atomic E-state index is 0.0132. The van der Waals surface area contributed by atoms with Crippen LogP contribution in [0.25, 0.3) is 11.0 Å². The van der Waals surface area contributed by atoms with Crippen molar-refractivity contribution in [3.63, 3.8) is 0 Å². The van der Waals surface area contributed by atoms with E-state index in [1.807, 2.05) is 20.0 Å². The summed E-state index contributed by atoms with van der Waals surface area (Å²) in [4.78, 5) is 29.8. The highest BCUT2D eigenvalue weighted by Gasteiger charge is 2.60. The normalized spacial score (nSPS) is 33.2. The first-order valence-corrected chi connectivity index (χ1v) is 10.2. The van der Waals surface area contributed by atoms with Crippen LogP contribution >= 0.6 is 0 Å². The van der Waals surface area contributed by atoms with Crippen LogP contribution in [0.5, 0.6) is 0 Å². The van der Waals surface area contributed by atoms with E-state index in [1.165, 1.54) is 6.42 Å². The zero-order chi connectivity index (χ0) is 19.7. The van der Waals surface area contributed by atoms with Gasteiger partial charge in [0.15, 0.2) is 5.65 Å². The Kier molecular flexibility index (Phi) is 3.64. The Labute approximate surface area is 164 Å². The first-order valence-electron chi connectivity index (χ1n) is 10.2. The van der Waals surface area contributed by atoms with E-state index < -0.39 is 0 Å². The number of aromatic nitrogens is 3.